The summed E-state index contributed by atoms with van der Waals surface area (Å²) in [5.41, 5.74) is 0. The highest BCUT2D eigenvalue weighted by Crippen LogP contribution is 1.99. The zero-order valence-corrected chi connectivity index (χ0v) is 8.94. The SMILES string of the molecule is CC(C)C(O)CNCc1ncnn1C. The van der Waals surface area contributed by atoms with Gasteiger partial charge in [-0.15, -0.1) is 0 Å². The Kier molecular flexibility index (Phi) is 4.03. The third-order valence-corrected chi connectivity index (χ3v) is 2.21. The number of aryl methyl sites for hydroxylation is 1. The first-order valence-electron chi connectivity index (χ1n) is 4.83. The van der Waals surface area contributed by atoms with Crippen LogP contribution in [0.1, 0.15) is 19.7 Å². The normalized spacial score (nSPS) is 13.5. The van der Waals surface area contributed by atoms with Crippen LogP contribution in [0.25, 0.3) is 0 Å². The minimum absolute atomic E-state index is 0.280. The fraction of sp³-hybridized carbons (Fsp3) is 0.778. The van der Waals surface area contributed by atoms with E-state index in [1.165, 1.54) is 6.33 Å². The standard InChI is InChI=1S/C9H18N4O/c1-7(2)8(14)4-10-5-9-11-6-12-13(9)3/h6-8,10,14H,4-5H2,1-3H3. The molecule has 5 heteroatoms. The van der Waals surface area contributed by atoms with E-state index >= 15 is 0 Å². The number of hydrogen-bond donors (Lipinski definition) is 2. The third kappa shape index (κ3) is 3.08. The molecule has 2 N–H and O–H groups in total. The van der Waals surface area contributed by atoms with Gasteiger partial charge < -0.3 is 10.4 Å². The van der Waals surface area contributed by atoms with Crippen molar-refractivity contribution in [1.29, 1.82) is 0 Å². The van der Waals surface area contributed by atoms with Gasteiger partial charge in [-0.25, -0.2) is 4.98 Å². The van der Waals surface area contributed by atoms with Crippen LogP contribution in [0, 0.1) is 5.92 Å². The third-order valence-electron chi connectivity index (χ3n) is 2.21. The second-order valence-electron chi connectivity index (χ2n) is 3.74. The van der Waals surface area contributed by atoms with Crippen molar-refractivity contribution in [2.24, 2.45) is 13.0 Å². The van der Waals surface area contributed by atoms with Crippen LogP contribution in [0.15, 0.2) is 6.33 Å². The van der Waals surface area contributed by atoms with Gasteiger partial charge in [0.05, 0.1) is 12.6 Å². The molecular weight excluding hydrogens is 180 g/mol. The van der Waals surface area contributed by atoms with Gasteiger partial charge in [0.15, 0.2) is 0 Å². The van der Waals surface area contributed by atoms with Gasteiger partial charge in [-0.2, -0.15) is 5.10 Å². The van der Waals surface area contributed by atoms with Gasteiger partial charge in [0, 0.05) is 13.6 Å². The maximum absolute atomic E-state index is 9.52. The summed E-state index contributed by atoms with van der Waals surface area (Å²) in [4.78, 5) is 4.07. The Morgan fingerprint density at radius 2 is 2.29 bits per heavy atom. The summed E-state index contributed by atoms with van der Waals surface area (Å²) in [5.74, 6) is 1.16. The van der Waals surface area contributed by atoms with Crippen LogP contribution in [0.4, 0.5) is 0 Å². The van der Waals surface area contributed by atoms with Gasteiger partial charge in [0.2, 0.25) is 0 Å². The zero-order chi connectivity index (χ0) is 10.6. The molecule has 0 aliphatic rings. The van der Waals surface area contributed by atoms with Crippen molar-refractivity contribution < 1.29 is 5.11 Å². The van der Waals surface area contributed by atoms with Crippen LogP contribution < -0.4 is 5.32 Å². The van der Waals surface area contributed by atoms with Gasteiger partial charge in [-0.3, -0.25) is 4.68 Å². The van der Waals surface area contributed by atoms with E-state index < -0.39 is 0 Å². The lowest BCUT2D eigenvalue weighted by molar-refractivity contribution is 0.123. The number of nitrogens with one attached hydrogen (secondary N) is 1. The highest BCUT2D eigenvalue weighted by Gasteiger charge is 2.08. The number of hydrogen-bond acceptors (Lipinski definition) is 4. The van der Waals surface area contributed by atoms with Crippen LogP contribution in [0.3, 0.4) is 0 Å². The van der Waals surface area contributed by atoms with Crippen molar-refractivity contribution in [1.82, 2.24) is 20.1 Å². The topological polar surface area (TPSA) is 63.0 Å². The van der Waals surface area contributed by atoms with Gasteiger partial charge in [-0.05, 0) is 5.92 Å². The molecule has 80 valence electrons. The van der Waals surface area contributed by atoms with Crippen molar-refractivity contribution in [2.75, 3.05) is 6.54 Å². The molecule has 1 atom stereocenters. The van der Waals surface area contributed by atoms with E-state index in [2.05, 4.69) is 15.4 Å². The molecule has 0 fully saturated rings. The Morgan fingerprint density at radius 1 is 1.57 bits per heavy atom. The lowest BCUT2D eigenvalue weighted by atomic mass is 10.1. The van der Waals surface area contributed by atoms with Crippen LogP contribution in [0.5, 0.6) is 0 Å². The predicted molar refractivity (Wildman–Crippen MR) is 53.6 cm³/mol. The molecule has 1 unspecified atom stereocenters. The molecular formula is C9H18N4O. The quantitative estimate of drug-likeness (QED) is 0.694. The van der Waals surface area contributed by atoms with Crippen LogP contribution in [0.2, 0.25) is 0 Å². The molecule has 0 aromatic carbocycles. The average Bonchev–Trinajstić information content (AvgIpc) is 2.51. The van der Waals surface area contributed by atoms with Crippen molar-refractivity contribution in [3.05, 3.63) is 12.2 Å². The zero-order valence-electron chi connectivity index (χ0n) is 8.94. The Bertz CT molecular complexity index is 272. The van der Waals surface area contributed by atoms with E-state index in [1.807, 2.05) is 20.9 Å². The molecule has 0 aliphatic heterocycles. The van der Waals surface area contributed by atoms with E-state index in [0.29, 0.717) is 13.1 Å². The molecule has 0 amide bonds. The van der Waals surface area contributed by atoms with Crippen LogP contribution in [-0.4, -0.2) is 32.5 Å². The second kappa shape index (κ2) is 5.07. The van der Waals surface area contributed by atoms with Crippen molar-refractivity contribution in [3.8, 4) is 0 Å². The lowest BCUT2D eigenvalue weighted by Crippen LogP contribution is -2.30. The molecule has 0 radical (unpaired) electrons. The van der Waals surface area contributed by atoms with Gasteiger partial charge >= 0.3 is 0 Å². The number of nitrogens with zero attached hydrogens (tertiary/aromatic N) is 3. The van der Waals surface area contributed by atoms with Gasteiger partial charge in [-0.1, -0.05) is 13.8 Å². The molecule has 1 rings (SSSR count). The van der Waals surface area contributed by atoms with E-state index in [0.717, 1.165) is 5.82 Å². The molecule has 0 bridgehead atoms. The van der Waals surface area contributed by atoms with Gasteiger partial charge in [0.1, 0.15) is 12.2 Å². The smallest absolute Gasteiger partial charge is 0.140 e. The summed E-state index contributed by atoms with van der Waals surface area (Å²) < 4.78 is 1.72. The first-order valence-corrected chi connectivity index (χ1v) is 4.83. The van der Waals surface area contributed by atoms with E-state index in [1.54, 1.807) is 4.68 Å². The van der Waals surface area contributed by atoms with Crippen molar-refractivity contribution in [3.63, 3.8) is 0 Å². The maximum Gasteiger partial charge on any atom is 0.140 e. The molecule has 0 spiro atoms. The van der Waals surface area contributed by atoms with E-state index in [9.17, 15) is 5.11 Å². The number of aliphatic hydroxyl groups excluding tert-OH is 1. The fourth-order valence-electron chi connectivity index (χ4n) is 1.05. The molecule has 0 aliphatic carbocycles. The summed E-state index contributed by atoms with van der Waals surface area (Å²) >= 11 is 0. The second-order valence-corrected chi connectivity index (χ2v) is 3.74. The monoisotopic (exact) mass is 198 g/mol. The lowest BCUT2D eigenvalue weighted by Gasteiger charge is -2.14. The molecule has 1 aromatic heterocycles. The largest absolute Gasteiger partial charge is 0.392 e. The summed E-state index contributed by atoms with van der Waals surface area (Å²) in [6.45, 7) is 5.22. The number of rotatable bonds is 5. The molecule has 5 nitrogen and oxygen atoms in total. The molecule has 1 aromatic rings. The summed E-state index contributed by atoms with van der Waals surface area (Å²) in [5, 5.41) is 16.6. The minimum atomic E-state index is -0.303. The van der Waals surface area contributed by atoms with Crippen molar-refractivity contribution >= 4 is 0 Å². The van der Waals surface area contributed by atoms with Gasteiger partial charge in [0.25, 0.3) is 0 Å². The van der Waals surface area contributed by atoms with E-state index in [-0.39, 0.29) is 12.0 Å². The molecule has 14 heavy (non-hydrogen) atoms. The van der Waals surface area contributed by atoms with Crippen LogP contribution >= 0.6 is 0 Å². The Hall–Kier alpha value is -0.940. The Labute approximate surface area is 84.2 Å². The Morgan fingerprint density at radius 3 is 2.79 bits per heavy atom. The van der Waals surface area contributed by atoms with E-state index in [4.69, 9.17) is 0 Å². The molecule has 1 heterocycles. The minimum Gasteiger partial charge on any atom is -0.392 e. The number of aromatic nitrogens is 3. The van der Waals surface area contributed by atoms with Crippen molar-refractivity contribution in [2.45, 2.75) is 26.5 Å². The summed E-state index contributed by atoms with van der Waals surface area (Å²) in [6.07, 6.45) is 1.22. The van der Waals surface area contributed by atoms with Crippen LogP contribution in [-0.2, 0) is 13.6 Å². The summed E-state index contributed by atoms with van der Waals surface area (Å²) in [7, 11) is 1.85. The molecule has 0 saturated carbocycles. The first-order chi connectivity index (χ1) is 6.61. The Balaban J connectivity index is 2.25. The highest BCUT2D eigenvalue weighted by molar-refractivity contribution is 4.82. The summed E-state index contributed by atoms with van der Waals surface area (Å²) in [6, 6.07) is 0. The molecule has 0 saturated heterocycles. The number of aliphatic hydroxyl groups is 1. The predicted octanol–water partition coefficient (Wildman–Crippen LogP) is -0.0784. The highest BCUT2D eigenvalue weighted by atomic mass is 16.3. The first kappa shape index (κ1) is 11.1. The average molecular weight is 198 g/mol. The fourth-order valence-corrected chi connectivity index (χ4v) is 1.05. The maximum atomic E-state index is 9.52.